The van der Waals surface area contributed by atoms with E-state index in [2.05, 4.69) is 10.6 Å². The lowest BCUT2D eigenvalue weighted by Gasteiger charge is -2.31. The SMILES string of the molecule is CC(=O)Oc1ccc(C2NC(CCCNC(N)=O)(C(=O)O)C3C(=O)N(Cc4ccccc4)C(=O)C23)cc1. The highest BCUT2D eigenvalue weighted by atomic mass is 16.5. The summed E-state index contributed by atoms with van der Waals surface area (Å²) < 4.78 is 5.08. The minimum absolute atomic E-state index is 0.0238. The molecule has 2 saturated heterocycles. The Morgan fingerprint density at radius 1 is 1.08 bits per heavy atom. The number of fused-ring (bicyclic) bond motifs is 1. The highest BCUT2D eigenvalue weighted by Gasteiger charge is 2.68. The van der Waals surface area contributed by atoms with Crippen LogP contribution in [-0.4, -0.2) is 51.9 Å². The molecule has 194 valence electrons. The molecule has 0 spiro atoms. The molecule has 2 aromatic carbocycles. The van der Waals surface area contributed by atoms with E-state index in [1.165, 1.54) is 6.92 Å². The van der Waals surface area contributed by atoms with Crippen molar-refractivity contribution >= 4 is 29.8 Å². The van der Waals surface area contributed by atoms with Crippen LogP contribution in [0.3, 0.4) is 0 Å². The summed E-state index contributed by atoms with van der Waals surface area (Å²) >= 11 is 0. The first kappa shape index (κ1) is 25.8. The number of ether oxygens (including phenoxy) is 1. The molecule has 37 heavy (non-hydrogen) atoms. The Morgan fingerprint density at radius 3 is 2.35 bits per heavy atom. The maximum atomic E-state index is 13.7. The Bertz CT molecular complexity index is 1220. The molecule has 2 heterocycles. The molecule has 0 saturated carbocycles. The summed E-state index contributed by atoms with van der Waals surface area (Å²) in [6.45, 7) is 1.42. The van der Waals surface area contributed by atoms with Gasteiger partial charge in [-0.25, -0.2) is 4.79 Å². The molecule has 4 amide bonds. The van der Waals surface area contributed by atoms with Gasteiger partial charge in [-0.1, -0.05) is 42.5 Å². The molecule has 0 aliphatic carbocycles. The molecule has 0 radical (unpaired) electrons. The predicted octanol–water partition coefficient (Wildman–Crippen LogP) is 1.33. The van der Waals surface area contributed by atoms with Crippen LogP contribution in [0.5, 0.6) is 5.75 Å². The Kier molecular flexibility index (Phi) is 7.25. The molecular weight excluding hydrogens is 480 g/mol. The number of nitrogens with one attached hydrogen (secondary N) is 2. The van der Waals surface area contributed by atoms with E-state index in [4.69, 9.17) is 10.5 Å². The summed E-state index contributed by atoms with van der Waals surface area (Å²) in [5, 5.41) is 15.9. The largest absolute Gasteiger partial charge is 0.480 e. The normalized spacial score (nSPS) is 24.6. The molecule has 2 fully saturated rings. The van der Waals surface area contributed by atoms with Crippen LogP contribution in [0.1, 0.15) is 36.9 Å². The monoisotopic (exact) mass is 508 g/mol. The Labute approximate surface area is 213 Å². The highest BCUT2D eigenvalue weighted by Crippen LogP contribution is 2.50. The fraction of sp³-hybridized carbons (Fsp3) is 0.346. The zero-order chi connectivity index (χ0) is 26.7. The number of likely N-dealkylation sites (tertiary alicyclic amines) is 1. The van der Waals surface area contributed by atoms with Crippen molar-refractivity contribution in [1.29, 1.82) is 0 Å². The van der Waals surface area contributed by atoms with E-state index < -0.39 is 53.2 Å². The zero-order valence-corrected chi connectivity index (χ0v) is 20.2. The van der Waals surface area contributed by atoms with Crippen molar-refractivity contribution in [2.45, 2.75) is 37.9 Å². The number of imide groups is 1. The van der Waals surface area contributed by atoms with Crippen LogP contribution in [0.4, 0.5) is 4.79 Å². The van der Waals surface area contributed by atoms with Crippen LogP contribution in [0, 0.1) is 11.8 Å². The van der Waals surface area contributed by atoms with E-state index in [0.29, 0.717) is 11.3 Å². The third-order valence-electron chi connectivity index (χ3n) is 6.86. The van der Waals surface area contributed by atoms with E-state index >= 15 is 0 Å². The van der Waals surface area contributed by atoms with Gasteiger partial charge in [-0.15, -0.1) is 0 Å². The predicted molar refractivity (Wildman–Crippen MR) is 130 cm³/mol. The van der Waals surface area contributed by atoms with Gasteiger partial charge in [0.2, 0.25) is 11.8 Å². The van der Waals surface area contributed by atoms with Crippen LogP contribution in [-0.2, 0) is 25.7 Å². The summed E-state index contributed by atoms with van der Waals surface area (Å²) in [5.41, 5.74) is 4.69. The van der Waals surface area contributed by atoms with Gasteiger partial charge in [0.05, 0.1) is 18.4 Å². The fourth-order valence-electron chi connectivity index (χ4n) is 5.29. The van der Waals surface area contributed by atoms with Gasteiger partial charge in [0.25, 0.3) is 0 Å². The van der Waals surface area contributed by atoms with Crippen molar-refractivity contribution in [3.8, 4) is 5.75 Å². The molecule has 5 N–H and O–H groups in total. The first-order valence-electron chi connectivity index (χ1n) is 11.9. The van der Waals surface area contributed by atoms with Gasteiger partial charge in [-0.3, -0.25) is 29.4 Å². The van der Waals surface area contributed by atoms with Gasteiger partial charge in [0, 0.05) is 19.5 Å². The number of esters is 1. The van der Waals surface area contributed by atoms with Gasteiger partial charge >= 0.3 is 18.0 Å². The fourth-order valence-corrected chi connectivity index (χ4v) is 5.29. The minimum Gasteiger partial charge on any atom is -0.480 e. The minimum atomic E-state index is -1.75. The van der Waals surface area contributed by atoms with Crippen molar-refractivity contribution in [2.24, 2.45) is 17.6 Å². The van der Waals surface area contributed by atoms with Crippen molar-refractivity contribution in [3.05, 3.63) is 65.7 Å². The number of hydrogen-bond donors (Lipinski definition) is 4. The van der Waals surface area contributed by atoms with Crippen molar-refractivity contribution in [3.63, 3.8) is 0 Å². The smallest absolute Gasteiger partial charge is 0.324 e. The van der Waals surface area contributed by atoms with Crippen molar-refractivity contribution < 1.29 is 33.8 Å². The van der Waals surface area contributed by atoms with Crippen LogP contribution in [0.2, 0.25) is 0 Å². The molecule has 0 aromatic heterocycles. The molecule has 4 rings (SSSR count). The Hall–Kier alpha value is -4.25. The topological polar surface area (TPSA) is 168 Å². The molecule has 2 aromatic rings. The second kappa shape index (κ2) is 10.4. The van der Waals surface area contributed by atoms with Crippen LogP contribution < -0.4 is 21.1 Å². The second-order valence-corrected chi connectivity index (χ2v) is 9.21. The number of carbonyl (C=O) groups is 5. The Balaban J connectivity index is 1.70. The molecule has 2 aliphatic rings. The number of nitrogens with zero attached hydrogens (tertiary/aromatic N) is 1. The summed E-state index contributed by atoms with van der Waals surface area (Å²) in [7, 11) is 0. The number of carboxylic acids is 1. The van der Waals surface area contributed by atoms with E-state index in [9.17, 15) is 29.1 Å². The number of urea groups is 1. The molecule has 11 nitrogen and oxygen atoms in total. The molecule has 11 heteroatoms. The summed E-state index contributed by atoms with van der Waals surface area (Å²) in [5.74, 6) is -4.59. The van der Waals surface area contributed by atoms with Crippen LogP contribution in [0.25, 0.3) is 0 Å². The number of aliphatic carboxylic acids is 1. The van der Waals surface area contributed by atoms with E-state index in [-0.39, 0.29) is 25.9 Å². The number of primary amides is 1. The number of hydrogen-bond acceptors (Lipinski definition) is 7. The van der Waals surface area contributed by atoms with Gasteiger partial charge in [-0.05, 0) is 36.1 Å². The van der Waals surface area contributed by atoms with Crippen molar-refractivity contribution in [2.75, 3.05) is 6.54 Å². The third kappa shape index (κ3) is 5.03. The molecule has 2 aliphatic heterocycles. The average molecular weight is 509 g/mol. The first-order chi connectivity index (χ1) is 17.6. The number of rotatable bonds is 9. The number of carbonyl (C=O) groups excluding carboxylic acids is 4. The van der Waals surface area contributed by atoms with Gasteiger partial charge in [0.15, 0.2) is 0 Å². The lowest BCUT2D eigenvalue weighted by molar-refractivity contribution is -0.152. The van der Waals surface area contributed by atoms with Gasteiger partial charge < -0.3 is 20.9 Å². The molecular formula is C26H28N4O7. The first-order valence-corrected chi connectivity index (χ1v) is 11.9. The standard InChI is InChI=1S/C26H28N4O7/c1-15(31)37-18-10-8-17(9-11-18)21-19-20(26(29-21,24(34)35)12-5-13-28-25(27)36)23(33)30(22(19)32)14-16-6-3-2-4-7-16/h2-4,6-11,19-21,29H,5,12-14H2,1H3,(H,34,35)(H3,27,28,36). The molecule has 0 bridgehead atoms. The van der Waals surface area contributed by atoms with Crippen LogP contribution in [0.15, 0.2) is 54.6 Å². The summed E-state index contributed by atoms with van der Waals surface area (Å²) in [6, 6.07) is 13.8. The number of amides is 4. The highest BCUT2D eigenvalue weighted by molar-refractivity contribution is 6.09. The number of carboxylic acid groups (broad SMARTS) is 1. The lowest BCUT2D eigenvalue weighted by Crippen LogP contribution is -2.56. The molecule has 4 unspecified atom stereocenters. The quantitative estimate of drug-likeness (QED) is 0.170. The van der Waals surface area contributed by atoms with Crippen LogP contribution >= 0.6 is 0 Å². The molecule has 4 atom stereocenters. The Morgan fingerprint density at radius 2 is 1.76 bits per heavy atom. The number of benzene rings is 2. The maximum Gasteiger partial charge on any atom is 0.324 e. The second-order valence-electron chi connectivity index (χ2n) is 9.21. The van der Waals surface area contributed by atoms with E-state index in [0.717, 1.165) is 10.5 Å². The van der Waals surface area contributed by atoms with E-state index in [1.54, 1.807) is 48.5 Å². The lowest BCUT2D eigenvalue weighted by atomic mass is 9.77. The summed E-state index contributed by atoms with van der Waals surface area (Å²) in [6.07, 6.45) is 0.188. The van der Waals surface area contributed by atoms with Gasteiger partial charge in [-0.2, -0.15) is 0 Å². The maximum absolute atomic E-state index is 13.7. The number of nitrogens with two attached hydrogens (primary N) is 1. The van der Waals surface area contributed by atoms with Gasteiger partial charge in [0.1, 0.15) is 11.3 Å². The third-order valence-corrected chi connectivity index (χ3v) is 6.86. The summed E-state index contributed by atoms with van der Waals surface area (Å²) in [4.78, 5) is 63.6. The average Bonchev–Trinajstić information content (AvgIpc) is 3.33. The zero-order valence-electron chi connectivity index (χ0n) is 20.2. The van der Waals surface area contributed by atoms with E-state index in [1.807, 2.05) is 6.07 Å². The van der Waals surface area contributed by atoms with Crippen molar-refractivity contribution in [1.82, 2.24) is 15.5 Å².